The maximum atomic E-state index is 14.0. The van der Waals surface area contributed by atoms with Crippen LogP contribution in [0.15, 0.2) is 18.2 Å². The first kappa shape index (κ1) is 16.5. The highest BCUT2D eigenvalue weighted by Crippen LogP contribution is 2.30. The molecule has 3 rings (SSSR count). The fourth-order valence-electron chi connectivity index (χ4n) is 2.86. The van der Waals surface area contributed by atoms with E-state index in [1.54, 1.807) is 24.0 Å². The van der Waals surface area contributed by atoms with E-state index >= 15 is 0 Å². The molecule has 1 saturated heterocycles. The van der Waals surface area contributed by atoms with Crippen molar-refractivity contribution in [2.24, 2.45) is 5.92 Å². The zero-order chi connectivity index (χ0) is 17.3. The van der Waals surface area contributed by atoms with E-state index in [0.717, 1.165) is 12.8 Å². The van der Waals surface area contributed by atoms with Gasteiger partial charge in [0.1, 0.15) is 11.6 Å². The zero-order valence-electron chi connectivity index (χ0n) is 13.8. The molecule has 2 fully saturated rings. The molecule has 1 aliphatic heterocycles. The molecule has 7 heteroatoms. The fraction of sp³-hybridized carbons (Fsp3) is 0.529. The first-order valence-electron chi connectivity index (χ1n) is 8.17. The number of amides is 3. The highest BCUT2D eigenvalue weighted by molar-refractivity contribution is 5.82. The Morgan fingerprint density at radius 1 is 1.33 bits per heavy atom. The predicted molar refractivity (Wildman–Crippen MR) is 86.1 cm³/mol. The number of hydrogen-bond acceptors (Lipinski definition) is 3. The lowest BCUT2D eigenvalue weighted by Gasteiger charge is -2.40. The number of halogens is 1. The molecule has 3 amide bonds. The summed E-state index contributed by atoms with van der Waals surface area (Å²) in [4.78, 5) is 25.5. The molecule has 0 radical (unpaired) electrons. The van der Waals surface area contributed by atoms with Crippen LogP contribution >= 0.6 is 0 Å². The summed E-state index contributed by atoms with van der Waals surface area (Å²) in [5.41, 5.74) is 0.326. The lowest BCUT2D eigenvalue weighted by molar-refractivity contribution is -0.123. The minimum Gasteiger partial charge on any atom is -0.496 e. The van der Waals surface area contributed by atoms with Gasteiger partial charge in [-0.2, -0.15) is 0 Å². The molecule has 2 aliphatic rings. The molecule has 0 spiro atoms. The van der Waals surface area contributed by atoms with E-state index in [1.165, 1.54) is 13.2 Å². The molecule has 0 aromatic heterocycles. The normalized spacial score (nSPS) is 18.5. The average Bonchev–Trinajstić information content (AvgIpc) is 3.34. The quantitative estimate of drug-likeness (QED) is 0.862. The summed E-state index contributed by atoms with van der Waals surface area (Å²) < 4.78 is 19.2. The van der Waals surface area contributed by atoms with Crippen LogP contribution in [-0.4, -0.2) is 43.1 Å². The van der Waals surface area contributed by atoms with Crippen molar-refractivity contribution in [1.82, 2.24) is 15.5 Å². The van der Waals surface area contributed by atoms with Crippen LogP contribution in [0.2, 0.25) is 0 Å². The van der Waals surface area contributed by atoms with Gasteiger partial charge in [0.05, 0.1) is 24.8 Å². The largest absolute Gasteiger partial charge is 0.496 e. The molecule has 1 heterocycles. The van der Waals surface area contributed by atoms with Crippen molar-refractivity contribution in [2.75, 3.05) is 20.2 Å². The van der Waals surface area contributed by atoms with Crippen LogP contribution in [0.4, 0.5) is 9.18 Å². The number of nitrogens with one attached hydrogen (secondary N) is 2. The maximum absolute atomic E-state index is 14.0. The Kier molecular flexibility index (Phi) is 4.59. The molecule has 0 unspecified atom stereocenters. The van der Waals surface area contributed by atoms with E-state index < -0.39 is 11.9 Å². The van der Waals surface area contributed by atoms with E-state index in [4.69, 9.17) is 4.74 Å². The van der Waals surface area contributed by atoms with Gasteiger partial charge in [-0.1, -0.05) is 6.07 Å². The molecule has 1 atom stereocenters. The summed E-state index contributed by atoms with van der Waals surface area (Å²) in [5, 5.41) is 5.71. The van der Waals surface area contributed by atoms with E-state index in [9.17, 15) is 14.0 Å². The molecule has 1 aromatic carbocycles. The van der Waals surface area contributed by atoms with Crippen LogP contribution in [0.3, 0.4) is 0 Å². The predicted octanol–water partition coefficient (Wildman–Crippen LogP) is 1.82. The first-order valence-corrected chi connectivity index (χ1v) is 8.17. The lowest BCUT2D eigenvalue weighted by Crippen LogP contribution is -2.63. The van der Waals surface area contributed by atoms with Gasteiger partial charge in [-0.15, -0.1) is 0 Å². The Morgan fingerprint density at radius 3 is 2.67 bits per heavy atom. The van der Waals surface area contributed by atoms with Crippen LogP contribution in [-0.2, 0) is 4.79 Å². The van der Waals surface area contributed by atoms with E-state index in [-0.39, 0.29) is 23.9 Å². The van der Waals surface area contributed by atoms with E-state index in [2.05, 4.69) is 10.6 Å². The van der Waals surface area contributed by atoms with Crippen molar-refractivity contribution in [1.29, 1.82) is 0 Å². The van der Waals surface area contributed by atoms with Crippen molar-refractivity contribution in [3.63, 3.8) is 0 Å². The van der Waals surface area contributed by atoms with Gasteiger partial charge in [0.2, 0.25) is 5.91 Å². The monoisotopic (exact) mass is 335 g/mol. The third kappa shape index (κ3) is 3.44. The van der Waals surface area contributed by atoms with Crippen LogP contribution in [0, 0.1) is 11.7 Å². The molecule has 0 bridgehead atoms. The van der Waals surface area contributed by atoms with Crippen molar-refractivity contribution in [3.05, 3.63) is 29.6 Å². The van der Waals surface area contributed by atoms with Crippen molar-refractivity contribution in [3.8, 4) is 5.75 Å². The zero-order valence-corrected chi connectivity index (χ0v) is 13.8. The van der Waals surface area contributed by atoms with Gasteiger partial charge in [0, 0.05) is 19.0 Å². The van der Waals surface area contributed by atoms with Gasteiger partial charge < -0.3 is 20.3 Å². The highest BCUT2D eigenvalue weighted by atomic mass is 19.1. The Hall–Kier alpha value is -2.31. The number of carbonyl (C=O) groups is 2. The molecule has 1 aromatic rings. The lowest BCUT2D eigenvalue weighted by atomic mass is 10.1. The second kappa shape index (κ2) is 6.67. The maximum Gasteiger partial charge on any atom is 0.318 e. The van der Waals surface area contributed by atoms with Gasteiger partial charge in [-0.3, -0.25) is 4.79 Å². The molecular formula is C17H22FN3O3. The van der Waals surface area contributed by atoms with Crippen LogP contribution in [0.25, 0.3) is 0 Å². The highest BCUT2D eigenvalue weighted by Gasteiger charge is 2.36. The summed E-state index contributed by atoms with van der Waals surface area (Å²) in [6.45, 7) is 2.67. The summed E-state index contributed by atoms with van der Waals surface area (Å²) >= 11 is 0. The molecule has 24 heavy (non-hydrogen) atoms. The average molecular weight is 335 g/mol. The summed E-state index contributed by atoms with van der Waals surface area (Å²) in [5.74, 6) is 0.243. The third-order valence-corrected chi connectivity index (χ3v) is 4.47. The van der Waals surface area contributed by atoms with Gasteiger partial charge in [-0.05, 0) is 31.9 Å². The summed E-state index contributed by atoms with van der Waals surface area (Å²) in [6.07, 6.45) is 1.93. The number of nitrogens with zero attached hydrogens (tertiary/aromatic N) is 1. The number of likely N-dealkylation sites (tertiary alicyclic amines) is 1. The first-order chi connectivity index (χ1) is 11.5. The van der Waals surface area contributed by atoms with Gasteiger partial charge in [0.25, 0.3) is 0 Å². The molecule has 1 aliphatic carbocycles. The van der Waals surface area contributed by atoms with Crippen molar-refractivity contribution < 1.29 is 18.7 Å². The van der Waals surface area contributed by atoms with Crippen molar-refractivity contribution in [2.45, 2.75) is 31.8 Å². The number of methoxy groups -OCH3 is 1. The fourth-order valence-corrected chi connectivity index (χ4v) is 2.86. The van der Waals surface area contributed by atoms with Gasteiger partial charge in [0.15, 0.2) is 0 Å². The molecule has 130 valence electrons. The number of urea groups is 1. The Bertz CT molecular complexity index is 642. The second-order valence-electron chi connectivity index (χ2n) is 6.41. The van der Waals surface area contributed by atoms with Gasteiger partial charge >= 0.3 is 6.03 Å². The minimum absolute atomic E-state index is 0.0159. The molecular weight excluding hydrogens is 313 g/mol. The van der Waals surface area contributed by atoms with Crippen molar-refractivity contribution >= 4 is 11.9 Å². The second-order valence-corrected chi connectivity index (χ2v) is 6.41. The molecule has 1 saturated carbocycles. The number of benzene rings is 1. The Labute approximate surface area is 140 Å². The van der Waals surface area contributed by atoms with E-state index in [0.29, 0.717) is 24.4 Å². The smallest absolute Gasteiger partial charge is 0.318 e. The summed E-state index contributed by atoms with van der Waals surface area (Å²) in [6, 6.07) is 3.79. The minimum atomic E-state index is -0.520. The Morgan fingerprint density at radius 2 is 2.04 bits per heavy atom. The number of ether oxygens (including phenoxy) is 1. The van der Waals surface area contributed by atoms with Crippen LogP contribution < -0.4 is 15.4 Å². The summed E-state index contributed by atoms with van der Waals surface area (Å²) in [7, 11) is 1.47. The molecule has 6 nitrogen and oxygen atoms in total. The number of hydrogen-bond donors (Lipinski definition) is 2. The SMILES string of the molecule is COc1cccc(F)c1[C@@H](C)NC(=O)N1CC(NC(=O)C2CC2)C1. The number of rotatable bonds is 5. The third-order valence-electron chi connectivity index (χ3n) is 4.47. The van der Waals surface area contributed by atoms with Gasteiger partial charge in [-0.25, -0.2) is 9.18 Å². The topological polar surface area (TPSA) is 70.7 Å². The van der Waals surface area contributed by atoms with Crippen LogP contribution in [0.1, 0.15) is 31.4 Å². The Balaban J connectivity index is 1.51. The standard InChI is InChI=1S/C17H22FN3O3/c1-10(15-13(18)4-3-5-14(15)24-2)19-17(23)21-8-12(9-21)20-16(22)11-6-7-11/h3-5,10-12H,6-9H2,1-2H3,(H,19,23)(H,20,22)/t10-/m1/s1. The molecule has 2 N–H and O–H groups in total. The number of carbonyl (C=O) groups excluding carboxylic acids is 2. The van der Waals surface area contributed by atoms with Crippen LogP contribution in [0.5, 0.6) is 5.75 Å². The van der Waals surface area contributed by atoms with E-state index in [1.807, 2.05) is 0 Å².